The predicted octanol–water partition coefficient (Wildman–Crippen LogP) is 1.07. The van der Waals surface area contributed by atoms with E-state index >= 15 is 0 Å². The molecule has 7 heteroatoms. The smallest absolute Gasteiger partial charge is 0.317 e. The van der Waals surface area contributed by atoms with Crippen molar-refractivity contribution in [1.82, 2.24) is 9.80 Å². The third kappa shape index (κ3) is 4.86. The number of likely N-dealkylation sites (N-methyl/N-ethyl adjacent to an activating group) is 1. The van der Waals surface area contributed by atoms with Crippen LogP contribution in [-0.4, -0.2) is 85.3 Å². The molecular formula is C20H29N3O4. The molecule has 3 rings (SSSR count). The summed E-state index contributed by atoms with van der Waals surface area (Å²) in [6, 6.07) is 7.91. The van der Waals surface area contributed by atoms with Crippen molar-refractivity contribution >= 4 is 17.6 Å². The van der Waals surface area contributed by atoms with Crippen LogP contribution in [0.1, 0.15) is 18.9 Å². The van der Waals surface area contributed by atoms with Gasteiger partial charge in [0.2, 0.25) is 5.91 Å². The molecule has 0 bridgehead atoms. The van der Waals surface area contributed by atoms with Crippen molar-refractivity contribution < 1.29 is 19.4 Å². The molecule has 1 fully saturated rings. The van der Waals surface area contributed by atoms with Crippen LogP contribution in [0.2, 0.25) is 0 Å². The Balaban J connectivity index is 1.62. The maximum atomic E-state index is 13.2. The number of aliphatic carboxylic acids is 1. The van der Waals surface area contributed by atoms with Crippen molar-refractivity contribution in [3.05, 3.63) is 29.8 Å². The van der Waals surface area contributed by atoms with Gasteiger partial charge in [0.05, 0.1) is 25.3 Å². The second-order valence-electron chi connectivity index (χ2n) is 7.48. The molecular weight excluding hydrogens is 346 g/mol. The summed E-state index contributed by atoms with van der Waals surface area (Å²) >= 11 is 0. The Bertz CT molecular complexity index is 681. The van der Waals surface area contributed by atoms with E-state index in [0.717, 1.165) is 25.1 Å². The lowest BCUT2D eigenvalue weighted by Gasteiger charge is -2.40. The van der Waals surface area contributed by atoms with Gasteiger partial charge in [0, 0.05) is 31.9 Å². The molecule has 2 aliphatic heterocycles. The first kappa shape index (κ1) is 19.8. The summed E-state index contributed by atoms with van der Waals surface area (Å²) in [6.07, 6.45) is 1.91. The number of para-hydroxylation sites is 1. The molecule has 1 amide bonds. The number of hydrogen-bond acceptors (Lipinski definition) is 5. The molecule has 0 saturated carbocycles. The summed E-state index contributed by atoms with van der Waals surface area (Å²) in [4.78, 5) is 29.9. The Morgan fingerprint density at radius 3 is 2.89 bits per heavy atom. The number of carboxylic acid groups (broad SMARTS) is 1. The number of morpholine rings is 1. The molecule has 2 atom stereocenters. The summed E-state index contributed by atoms with van der Waals surface area (Å²) in [6.45, 7) is 5.14. The molecule has 0 spiro atoms. The van der Waals surface area contributed by atoms with E-state index in [1.54, 1.807) is 11.9 Å². The van der Waals surface area contributed by atoms with Gasteiger partial charge < -0.3 is 14.7 Å². The number of aryl methyl sites for hydroxylation is 1. The highest BCUT2D eigenvalue weighted by atomic mass is 16.5. The van der Waals surface area contributed by atoms with Crippen molar-refractivity contribution in [2.45, 2.75) is 31.9 Å². The standard InChI is InChI=1S/C20H29N3O4/c1-15(20(26)23-9-5-7-16-6-3-4-8-18(16)23)22-10-11-27-17(13-22)12-21(2)14-19(24)25/h3-4,6,8,15,17H,5,7,9-14H2,1-2H3,(H,24,25). The molecule has 0 radical (unpaired) electrons. The number of amides is 1. The third-order valence-electron chi connectivity index (χ3n) is 5.37. The molecule has 148 valence electrons. The fraction of sp³-hybridized carbons (Fsp3) is 0.600. The highest BCUT2D eigenvalue weighted by Gasteiger charge is 2.33. The number of carbonyl (C=O) groups is 2. The monoisotopic (exact) mass is 375 g/mol. The van der Waals surface area contributed by atoms with Gasteiger partial charge in [-0.3, -0.25) is 19.4 Å². The van der Waals surface area contributed by atoms with Gasteiger partial charge in [-0.15, -0.1) is 0 Å². The number of fused-ring (bicyclic) bond motifs is 1. The van der Waals surface area contributed by atoms with Gasteiger partial charge in [-0.2, -0.15) is 0 Å². The van der Waals surface area contributed by atoms with Gasteiger partial charge in [0.15, 0.2) is 0 Å². The van der Waals surface area contributed by atoms with E-state index in [2.05, 4.69) is 11.0 Å². The number of carboxylic acids is 1. The summed E-state index contributed by atoms with van der Waals surface area (Å²) < 4.78 is 5.79. The fourth-order valence-corrected chi connectivity index (χ4v) is 3.99. The summed E-state index contributed by atoms with van der Waals surface area (Å²) in [7, 11) is 1.77. The van der Waals surface area contributed by atoms with Gasteiger partial charge in [-0.05, 0) is 38.4 Å². The SMILES string of the molecule is CC(C(=O)N1CCCc2ccccc21)N1CCOC(CN(C)CC(=O)O)C1. The number of hydrogen-bond donors (Lipinski definition) is 1. The number of benzene rings is 1. The molecule has 7 nitrogen and oxygen atoms in total. The molecule has 1 aromatic carbocycles. The van der Waals surface area contributed by atoms with E-state index in [-0.39, 0.29) is 24.6 Å². The summed E-state index contributed by atoms with van der Waals surface area (Å²) in [5.74, 6) is -0.723. The van der Waals surface area contributed by atoms with E-state index in [9.17, 15) is 9.59 Å². The first-order valence-corrected chi connectivity index (χ1v) is 9.61. The predicted molar refractivity (Wildman–Crippen MR) is 103 cm³/mol. The molecule has 27 heavy (non-hydrogen) atoms. The summed E-state index contributed by atoms with van der Waals surface area (Å²) in [5.41, 5.74) is 2.27. The normalized spacial score (nSPS) is 21.7. The van der Waals surface area contributed by atoms with Crippen LogP contribution in [0, 0.1) is 0 Å². The molecule has 0 aliphatic carbocycles. The van der Waals surface area contributed by atoms with E-state index in [0.29, 0.717) is 26.2 Å². The minimum absolute atomic E-state index is 0.0150. The van der Waals surface area contributed by atoms with Crippen LogP contribution in [0.4, 0.5) is 5.69 Å². The van der Waals surface area contributed by atoms with Crippen LogP contribution in [0.5, 0.6) is 0 Å². The van der Waals surface area contributed by atoms with E-state index < -0.39 is 5.97 Å². The first-order valence-electron chi connectivity index (χ1n) is 9.61. The second-order valence-corrected chi connectivity index (χ2v) is 7.48. The van der Waals surface area contributed by atoms with Crippen LogP contribution in [0.25, 0.3) is 0 Å². The van der Waals surface area contributed by atoms with Crippen LogP contribution in [0.15, 0.2) is 24.3 Å². The van der Waals surface area contributed by atoms with E-state index in [1.165, 1.54) is 5.56 Å². The van der Waals surface area contributed by atoms with Gasteiger partial charge in [0.25, 0.3) is 0 Å². The van der Waals surface area contributed by atoms with Crippen LogP contribution >= 0.6 is 0 Å². The highest BCUT2D eigenvalue weighted by Crippen LogP contribution is 2.28. The van der Waals surface area contributed by atoms with Gasteiger partial charge in [0.1, 0.15) is 0 Å². The average molecular weight is 375 g/mol. The quantitative estimate of drug-likeness (QED) is 0.802. The average Bonchev–Trinajstić information content (AvgIpc) is 2.66. The summed E-state index contributed by atoms with van der Waals surface area (Å²) in [5, 5.41) is 8.91. The van der Waals surface area contributed by atoms with E-state index in [4.69, 9.17) is 9.84 Å². The second kappa shape index (κ2) is 8.82. The van der Waals surface area contributed by atoms with Crippen molar-refractivity contribution in [3.63, 3.8) is 0 Å². The number of ether oxygens (including phenoxy) is 1. The minimum Gasteiger partial charge on any atom is -0.480 e. The zero-order chi connectivity index (χ0) is 19.4. The molecule has 0 aromatic heterocycles. The molecule has 2 heterocycles. The minimum atomic E-state index is -0.850. The Morgan fingerprint density at radius 1 is 1.33 bits per heavy atom. The van der Waals surface area contributed by atoms with E-state index in [1.807, 2.05) is 30.0 Å². The number of carbonyl (C=O) groups excluding carboxylic acids is 1. The van der Waals surface area contributed by atoms with Crippen LogP contribution in [-0.2, 0) is 20.7 Å². The largest absolute Gasteiger partial charge is 0.480 e. The van der Waals surface area contributed by atoms with Crippen molar-refractivity contribution in [2.75, 3.05) is 51.3 Å². The molecule has 2 unspecified atom stereocenters. The topological polar surface area (TPSA) is 73.3 Å². The maximum Gasteiger partial charge on any atom is 0.317 e. The van der Waals surface area contributed by atoms with Crippen molar-refractivity contribution in [1.29, 1.82) is 0 Å². The molecule has 2 aliphatic rings. The van der Waals surface area contributed by atoms with Gasteiger partial charge in [-0.25, -0.2) is 0 Å². The lowest BCUT2D eigenvalue weighted by Crippen LogP contribution is -2.55. The number of nitrogens with zero attached hydrogens (tertiary/aromatic N) is 3. The maximum absolute atomic E-state index is 13.2. The zero-order valence-corrected chi connectivity index (χ0v) is 16.1. The molecule has 1 N–H and O–H groups in total. The Morgan fingerprint density at radius 2 is 2.11 bits per heavy atom. The molecule has 1 saturated heterocycles. The van der Waals surface area contributed by atoms with Crippen molar-refractivity contribution in [3.8, 4) is 0 Å². The lowest BCUT2D eigenvalue weighted by molar-refractivity contribution is -0.138. The first-order chi connectivity index (χ1) is 13.0. The number of rotatable bonds is 6. The lowest BCUT2D eigenvalue weighted by atomic mass is 10.0. The zero-order valence-electron chi connectivity index (χ0n) is 16.1. The van der Waals surface area contributed by atoms with Gasteiger partial charge >= 0.3 is 5.97 Å². The van der Waals surface area contributed by atoms with Crippen LogP contribution < -0.4 is 4.90 Å². The van der Waals surface area contributed by atoms with Crippen LogP contribution in [0.3, 0.4) is 0 Å². The molecule has 1 aromatic rings. The third-order valence-corrected chi connectivity index (χ3v) is 5.37. The Labute approximate surface area is 160 Å². The Kier molecular flexibility index (Phi) is 6.46. The number of anilines is 1. The Hall–Kier alpha value is -1.96. The highest BCUT2D eigenvalue weighted by molar-refractivity contribution is 5.98. The van der Waals surface area contributed by atoms with Gasteiger partial charge in [-0.1, -0.05) is 18.2 Å². The fourth-order valence-electron chi connectivity index (χ4n) is 3.99. The van der Waals surface area contributed by atoms with Crippen molar-refractivity contribution in [2.24, 2.45) is 0 Å².